The van der Waals surface area contributed by atoms with E-state index in [2.05, 4.69) is 25.9 Å². The fraction of sp³-hybridized carbons (Fsp3) is 0.476. The third kappa shape index (κ3) is 6.90. The molecule has 0 radical (unpaired) electrons. The number of nitrogens with zero attached hydrogens (tertiary/aromatic N) is 2. The lowest BCUT2D eigenvalue weighted by atomic mass is 9.96. The van der Waals surface area contributed by atoms with Crippen LogP contribution in [0.1, 0.15) is 29.1 Å². The van der Waals surface area contributed by atoms with Gasteiger partial charge in [-0.1, -0.05) is 12.1 Å². The number of hydrogen-bond acceptors (Lipinski definition) is 5. The largest absolute Gasteiger partial charge is 0.354 e. The topological polar surface area (TPSA) is 74.3 Å². The summed E-state index contributed by atoms with van der Waals surface area (Å²) in [5.74, 6) is -0.467. The summed E-state index contributed by atoms with van der Waals surface area (Å²) >= 11 is 1.66. The van der Waals surface area contributed by atoms with E-state index < -0.39 is 0 Å². The number of carbonyl (C=O) groups excluding carboxylic acids is 2. The lowest BCUT2D eigenvalue weighted by Gasteiger charge is -2.30. The summed E-state index contributed by atoms with van der Waals surface area (Å²) in [4.78, 5) is 31.1. The van der Waals surface area contributed by atoms with Gasteiger partial charge in [0, 0.05) is 30.9 Å². The molecule has 0 aliphatic carbocycles. The quantitative estimate of drug-likeness (QED) is 0.645. The number of rotatable bonds is 8. The highest BCUT2D eigenvalue weighted by atomic mass is 32.1. The van der Waals surface area contributed by atoms with Crippen molar-refractivity contribution in [3.8, 4) is 0 Å². The maximum Gasteiger partial charge on any atom is 0.224 e. The van der Waals surface area contributed by atoms with Gasteiger partial charge in [-0.15, -0.1) is 11.3 Å². The van der Waals surface area contributed by atoms with E-state index in [-0.39, 0.29) is 30.0 Å². The Kier molecular flexibility index (Phi) is 7.71. The SMILES string of the molecule is Cc1nc(CN2CCC(C(=O)NCCNC(=O)Cc3cccc(F)c3)CC2)cs1. The third-order valence-electron chi connectivity index (χ3n) is 5.01. The zero-order valence-corrected chi connectivity index (χ0v) is 17.4. The Hall–Kier alpha value is -2.32. The first kappa shape index (κ1) is 21.4. The predicted octanol–water partition coefficient (Wildman–Crippen LogP) is 2.28. The number of halogens is 1. The van der Waals surface area contributed by atoms with Gasteiger partial charge in [0.1, 0.15) is 5.82 Å². The van der Waals surface area contributed by atoms with Crippen molar-refractivity contribution in [1.82, 2.24) is 20.5 Å². The monoisotopic (exact) mass is 418 g/mol. The lowest BCUT2D eigenvalue weighted by Crippen LogP contribution is -2.42. The highest BCUT2D eigenvalue weighted by molar-refractivity contribution is 7.09. The molecule has 156 valence electrons. The average molecular weight is 419 g/mol. The van der Waals surface area contributed by atoms with Crippen LogP contribution in [0.25, 0.3) is 0 Å². The van der Waals surface area contributed by atoms with E-state index in [0.29, 0.717) is 18.7 Å². The molecule has 1 fully saturated rings. The molecule has 1 aromatic carbocycles. The Labute approximate surface area is 174 Å². The molecule has 1 saturated heterocycles. The second-order valence-electron chi connectivity index (χ2n) is 7.36. The number of aromatic nitrogens is 1. The van der Waals surface area contributed by atoms with Gasteiger partial charge in [0.25, 0.3) is 0 Å². The van der Waals surface area contributed by atoms with E-state index in [0.717, 1.165) is 43.2 Å². The molecule has 29 heavy (non-hydrogen) atoms. The molecule has 2 aromatic rings. The van der Waals surface area contributed by atoms with Gasteiger partial charge in [-0.05, 0) is 50.6 Å². The number of thiazole rings is 1. The Balaban J connectivity index is 1.29. The predicted molar refractivity (Wildman–Crippen MR) is 111 cm³/mol. The molecule has 2 heterocycles. The Morgan fingerprint density at radius 2 is 2.00 bits per heavy atom. The Bertz CT molecular complexity index is 834. The molecule has 8 heteroatoms. The van der Waals surface area contributed by atoms with E-state index in [4.69, 9.17) is 0 Å². The number of aryl methyl sites for hydroxylation is 1. The number of piperidine rings is 1. The van der Waals surface area contributed by atoms with Crippen molar-refractivity contribution in [2.24, 2.45) is 5.92 Å². The number of carbonyl (C=O) groups is 2. The molecular formula is C21H27FN4O2S. The van der Waals surface area contributed by atoms with Crippen molar-refractivity contribution in [3.63, 3.8) is 0 Å². The van der Waals surface area contributed by atoms with Gasteiger partial charge in [-0.2, -0.15) is 0 Å². The van der Waals surface area contributed by atoms with Crippen LogP contribution < -0.4 is 10.6 Å². The van der Waals surface area contributed by atoms with Crippen LogP contribution in [0.4, 0.5) is 4.39 Å². The van der Waals surface area contributed by atoms with Gasteiger partial charge in [0.15, 0.2) is 0 Å². The maximum absolute atomic E-state index is 13.1. The van der Waals surface area contributed by atoms with Crippen molar-refractivity contribution in [2.75, 3.05) is 26.2 Å². The maximum atomic E-state index is 13.1. The van der Waals surface area contributed by atoms with E-state index in [1.807, 2.05) is 6.92 Å². The zero-order valence-electron chi connectivity index (χ0n) is 16.6. The fourth-order valence-corrected chi connectivity index (χ4v) is 4.09. The second-order valence-corrected chi connectivity index (χ2v) is 8.42. The summed E-state index contributed by atoms with van der Waals surface area (Å²) in [6.45, 7) is 5.39. The van der Waals surface area contributed by atoms with Crippen LogP contribution in [-0.4, -0.2) is 47.9 Å². The molecule has 1 aliphatic rings. The van der Waals surface area contributed by atoms with Gasteiger partial charge in [-0.3, -0.25) is 14.5 Å². The van der Waals surface area contributed by atoms with Gasteiger partial charge in [-0.25, -0.2) is 9.37 Å². The molecule has 2 amide bonds. The average Bonchev–Trinajstić information content (AvgIpc) is 3.10. The van der Waals surface area contributed by atoms with Crippen molar-refractivity contribution < 1.29 is 14.0 Å². The molecule has 3 rings (SSSR count). The molecule has 0 bridgehead atoms. The standard InChI is InChI=1S/C21H27FN4O2S/c1-15-25-19(14-29-15)13-26-9-5-17(6-10-26)21(28)24-8-7-23-20(27)12-16-3-2-4-18(22)11-16/h2-4,11,14,17H,5-10,12-13H2,1H3,(H,23,27)(H,24,28). The molecule has 0 spiro atoms. The summed E-state index contributed by atoms with van der Waals surface area (Å²) in [7, 11) is 0. The van der Waals surface area contributed by atoms with Crippen molar-refractivity contribution in [1.29, 1.82) is 0 Å². The zero-order chi connectivity index (χ0) is 20.6. The Morgan fingerprint density at radius 3 is 2.69 bits per heavy atom. The summed E-state index contributed by atoms with van der Waals surface area (Å²) in [6, 6.07) is 6.00. The van der Waals surface area contributed by atoms with Crippen molar-refractivity contribution in [2.45, 2.75) is 32.7 Å². The Morgan fingerprint density at radius 1 is 1.24 bits per heavy atom. The summed E-state index contributed by atoms with van der Waals surface area (Å²) in [6.07, 6.45) is 1.80. The minimum Gasteiger partial charge on any atom is -0.354 e. The van der Waals surface area contributed by atoms with Crippen LogP contribution in [0.2, 0.25) is 0 Å². The second kappa shape index (κ2) is 10.5. The van der Waals surface area contributed by atoms with Gasteiger partial charge < -0.3 is 10.6 Å². The number of benzene rings is 1. The van der Waals surface area contributed by atoms with E-state index >= 15 is 0 Å². The van der Waals surface area contributed by atoms with E-state index in [9.17, 15) is 14.0 Å². The van der Waals surface area contributed by atoms with Gasteiger partial charge in [0.05, 0.1) is 17.1 Å². The van der Waals surface area contributed by atoms with Crippen LogP contribution in [-0.2, 0) is 22.6 Å². The minimum absolute atomic E-state index is 0.0198. The first-order chi connectivity index (χ1) is 14.0. The highest BCUT2D eigenvalue weighted by Gasteiger charge is 2.25. The molecular weight excluding hydrogens is 391 g/mol. The molecule has 0 saturated carbocycles. The minimum atomic E-state index is -0.352. The van der Waals surface area contributed by atoms with Crippen LogP contribution in [0.3, 0.4) is 0 Å². The fourth-order valence-electron chi connectivity index (χ4n) is 3.49. The lowest BCUT2D eigenvalue weighted by molar-refractivity contribution is -0.126. The third-order valence-corrected chi connectivity index (χ3v) is 5.83. The molecule has 6 nitrogen and oxygen atoms in total. The summed E-state index contributed by atoms with van der Waals surface area (Å²) < 4.78 is 13.1. The normalized spacial score (nSPS) is 15.2. The van der Waals surface area contributed by atoms with Crippen LogP contribution in [0.5, 0.6) is 0 Å². The number of amides is 2. The highest BCUT2D eigenvalue weighted by Crippen LogP contribution is 2.19. The van der Waals surface area contributed by atoms with Crippen LogP contribution in [0.15, 0.2) is 29.6 Å². The van der Waals surface area contributed by atoms with E-state index in [1.54, 1.807) is 23.5 Å². The first-order valence-electron chi connectivity index (χ1n) is 9.92. The van der Waals surface area contributed by atoms with Crippen LogP contribution in [0, 0.1) is 18.7 Å². The summed E-state index contributed by atoms with van der Waals surface area (Å²) in [5.41, 5.74) is 1.73. The van der Waals surface area contributed by atoms with Crippen LogP contribution >= 0.6 is 11.3 Å². The molecule has 1 aliphatic heterocycles. The van der Waals surface area contributed by atoms with E-state index in [1.165, 1.54) is 12.1 Å². The number of hydrogen-bond donors (Lipinski definition) is 2. The van der Waals surface area contributed by atoms with Gasteiger partial charge >= 0.3 is 0 Å². The molecule has 1 aromatic heterocycles. The molecule has 2 N–H and O–H groups in total. The smallest absolute Gasteiger partial charge is 0.224 e. The van der Waals surface area contributed by atoms with Crippen molar-refractivity contribution >= 4 is 23.2 Å². The first-order valence-corrected chi connectivity index (χ1v) is 10.8. The molecule has 0 atom stereocenters. The van der Waals surface area contributed by atoms with Crippen molar-refractivity contribution in [3.05, 3.63) is 51.7 Å². The summed E-state index contributed by atoms with van der Waals surface area (Å²) in [5, 5.41) is 8.84. The number of nitrogens with one attached hydrogen (secondary N) is 2. The van der Waals surface area contributed by atoms with Gasteiger partial charge in [0.2, 0.25) is 11.8 Å². The molecule has 0 unspecified atom stereocenters. The number of likely N-dealkylation sites (tertiary alicyclic amines) is 1.